The number of para-hydroxylation sites is 1. The van der Waals surface area contributed by atoms with E-state index in [1.165, 1.54) is 5.56 Å². The van der Waals surface area contributed by atoms with E-state index in [4.69, 9.17) is 5.79 Å². The second kappa shape index (κ2) is 7.70. The Morgan fingerprint density at radius 3 is 2.32 bits per heavy atom. The molecule has 2 aromatic heterocycles. The van der Waals surface area contributed by atoms with Gasteiger partial charge in [0.25, 0.3) is 0 Å². The van der Waals surface area contributed by atoms with Crippen LogP contribution in [0.4, 0.5) is 0 Å². The van der Waals surface area contributed by atoms with Gasteiger partial charge in [-0.05, 0) is 52.3 Å². The minimum absolute atomic E-state index is 0.355. The molecule has 0 aliphatic carbocycles. The normalized spacial score (nSPS) is 12.6. The number of hydrogen-bond donors (Lipinski definition) is 0. The molecule has 0 saturated heterocycles. The minimum Gasteiger partial charge on any atom is -0.455 e. The number of rotatable bonds is 4. The molecule has 0 amide bonds. The van der Waals surface area contributed by atoms with Crippen LogP contribution >= 0.6 is 0 Å². The topological polar surface area (TPSA) is 26.0 Å². The van der Waals surface area contributed by atoms with Crippen molar-refractivity contribution in [2.75, 3.05) is 0 Å². The molecule has 3 aromatic carbocycles. The second-order valence-corrected chi connectivity index (χ2v) is 8.64. The molecule has 0 unspecified atom stereocenters. The molecule has 0 radical (unpaired) electrons. The summed E-state index contributed by atoms with van der Waals surface area (Å²) in [5.41, 5.74) is 8.03. The lowest BCUT2D eigenvalue weighted by atomic mass is 9.94. The van der Waals surface area contributed by atoms with Gasteiger partial charge in [0, 0.05) is 23.9 Å². The van der Waals surface area contributed by atoms with E-state index >= 15 is 0 Å². The molecular weight excluding hydrogens is 378 g/mol. The van der Waals surface area contributed by atoms with Crippen LogP contribution < -0.4 is 0 Å². The average Bonchev–Trinajstić information content (AvgIpc) is 3.18. The Bertz CT molecular complexity index is 1420. The molecule has 5 aromatic rings. The van der Waals surface area contributed by atoms with Gasteiger partial charge < -0.3 is 4.42 Å². The molecule has 0 bridgehead atoms. The lowest BCUT2D eigenvalue weighted by molar-refractivity contribution is 0.658. The van der Waals surface area contributed by atoms with Crippen molar-refractivity contribution in [3.05, 3.63) is 90.1 Å². The Balaban J connectivity index is 1.87. The zero-order valence-corrected chi connectivity index (χ0v) is 18.4. The number of furan rings is 1. The van der Waals surface area contributed by atoms with Crippen LogP contribution in [0.3, 0.4) is 0 Å². The van der Waals surface area contributed by atoms with Crippen LogP contribution in [0.25, 0.3) is 44.3 Å². The Hall–Kier alpha value is -3.39. The number of hydrogen-bond acceptors (Lipinski definition) is 2. The molecule has 31 heavy (non-hydrogen) atoms. The van der Waals surface area contributed by atoms with Crippen molar-refractivity contribution in [3.63, 3.8) is 0 Å². The van der Waals surface area contributed by atoms with Gasteiger partial charge in [-0.25, -0.2) is 0 Å². The molecule has 2 nitrogen and oxygen atoms in total. The van der Waals surface area contributed by atoms with Gasteiger partial charge in [-0.1, -0.05) is 82.3 Å². The summed E-state index contributed by atoms with van der Waals surface area (Å²) in [6, 6.07) is 25.1. The summed E-state index contributed by atoms with van der Waals surface area (Å²) in [5, 5.41) is 2.24. The quantitative estimate of drug-likeness (QED) is 0.299. The highest BCUT2D eigenvalue weighted by Crippen LogP contribution is 2.43. The number of pyridine rings is 1. The number of fused-ring (bicyclic) bond motifs is 3. The number of aromatic nitrogens is 1. The molecule has 0 fully saturated rings. The third-order valence-corrected chi connectivity index (χ3v) is 6.00. The van der Waals surface area contributed by atoms with Crippen molar-refractivity contribution < 1.29 is 5.79 Å². The predicted octanol–water partition coefficient (Wildman–Crippen LogP) is 8.56. The van der Waals surface area contributed by atoms with Crippen LogP contribution in [0.5, 0.6) is 0 Å². The summed E-state index contributed by atoms with van der Waals surface area (Å²) >= 11 is 0. The van der Waals surface area contributed by atoms with Crippen LogP contribution in [0.15, 0.2) is 83.4 Å². The van der Waals surface area contributed by atoms with E-state index in [2.05, 4.69) is 73.4 Å². The maximum Gasteiger partial charge on any atom is 0.145 e. The summed E-state index contributed by atoms with van der Waals surface area (Å²) in [7, 11) is 0. The fraction of sp³-hybridized carbons (Fsp3) is 0.207. The van der Waals surface area contributed by atoms with Crippen LogP contribution in [-0.2, 0) is 0 Å². The first-order valence-corrected chi connectivity index (χ1v) is 10.8. The van der Waals surface area contributed by atoms with E-state index in [-0.39, 0.29) is 0 Å². The summed E-state index contributed by atoms with van der Waals surface area (Å²) < 4.78 is 15.1. The van der Waals surface area contributed by atoms with E-state index in [0.717, 1.165) is 49.9 Å². The summed E-state index contributed by atoms with van der Waals surface area (Å²) in [6.07, 6.45) is 1.79. The molecule has 0 N–H and O–H groups in total. The molecule has 154 valence electrons. The Morgan fingerprint density at radius 1 is 0.806 bits per heavy atom. The Kier molecular flexibility index (Phi) is 4.57. The number of nitrogens with zero attached hydrogens (tertiary/aromatic N) is 1. The molecular formula is C29H27NO. The summed E-state index contributed by atoms with van der Waals surface area (Å²) in [6.45, 7) is 8.19. The van der Waals surface area contributed by atoms with Gasteiger partial charge in [0.15, 0.2) is 0 Å². The fourth-order valence-electron chi connectivity index (χ4n) is 4.33. The first kappa shape index (κ1) is 18.4. The molecule has 2 heteroatoms. The van der Waals surface area contributed by atoms with Crippen molar-refractivity contribution in [2.45, 2.75) is 39.5 Å². The molecule has 0 saturated carbocycles. The van der Waals surface area contributed by atoms with E-state index in [9.17, 15) is 0 Å². The average molecular weight is 407 g/mol. The highest BCUT2D eigenvalue weighted by atomic mass is 16.3. The van der Waals surface area contributed by atoms with Crippen molar-refractivity contribution in [2.24, 2.45) is 0 Å². The highest BCUT2D eigenvalue weighted by Gasteiger charge is 2.20. The van der Waals surface area contributed by atoms with Crippen molar-refractivity contribution in [1.82, 2.24) is 4.98 Å². The smallest absolute Gasteiger partial charge is 0.145 e. The zero-order valence-electron chi connectivity index (χ0n) is 19.4. The van der Waals surface area contributed by atoms with Gasteiger partial charge in [0.2, 0.25) is 0 Å². The largest absolute Gasteiger partial charge is 0.455 e. The minimum atomic E-state index is -0.695. The molecule has 5 rings (SSSR count). The Morgan fingerprint density at radius 2 is 1.58 bits per heavy atom. The van der Waals surface area contributed by atoms with E-state index in [1.54, 1.807) is 6.20 Å². The van der Waals surface area contributed by atoms with Crippen LogP contribution in [-0.4, -0.2) is 4.98 Å². The van der Waals surface area contributed by atoms with Gasteiger partial charge in [-0.2, -0.15) is 0 Å². The third-order valence-electron chi connectivity index (χ3n) is 6.00. The molecule has 0 spiro atoms. The Labute approximate surface area is 185 Å². The highest BCUT2D eigenvalue weighted by molar-refractivity contribution is 6.16. The zero-order chi connectivity index (χ0) is 22.5. The van der Waals surface area contributed by atoms with Gasteiger partial charge in [0.1, 0.15) is 11.2 Å². The van der Waals surface area contributed by atoms with Crippen LogP contribution in [0.1, 0.15) is 52.0 Å². The van der Waals surface area contributed by atoms with Crippen LogP contribution in [0, 0.1) is 0 Å². The number of benzene rings is 3. The molecule has 2 heterocycles. The van der Waals surface area contributed by atoms with Gasteiger partial charge in [-0.15, -0.1) is 0 Å². The van der Waals surface area contributed by atoms with Crippen LogP contribution in [0.2, 0.25) is 0 Å². The van der Waals surface area contributed by atoms with Gasteiger partial charge in [-0.3, -0.25) is 4.98 Å². The van der Waals surface area contributed by atoms with Gasteiger partial charge in [0.05, 0.1) is 5.69 Å². The van der Waals surface area contributed by atoms with Crippen molar-refractivity contribution in [3.8, 4) is 22.4 Å². The monoisotopic (exact) mass is 406 g/mol. The maximum atomic E-state index is 8.45. The lowest BCUT2D eigenvalue weighted by Gasteiger charge is -2.10. The van der Waals surface area contributed by atoms with E-state index in [0.29, 0.717) is 5.92 Å². The standard InChI is InChI=1S/C29H27NO/c1-18(2)21-15-16-30-26(17-21)24-14-13-23(20-9-6-5-7-10-20)27-25-12-8-11-22(19(3)4)28(25)31-29(24)27/h5-19H,1-4H3/i18D. The van der Waals surface area contributed by atoms with Crippen molar-refractivity contribution >= 4 is 21.9 Å². The fourth-order valence-corrected chi connectivity index (χ4v) is 4.33. The van der Waals surface area contributed by atoms with E-state index < -0.39 is 5.89 Å². The molecule has 0 aliphatic rings. The summed E-state index contributed by atoms with van der Waals surface area (Å²) in [5.74, 6) is -0.340. The van der Waals surface area contributed by atoms with E-state index in [1.807, 2.05) is 32.0 Å². The first-order valence-electron chi connectivity index (χ1n) is 11.3. The molecule has 0 aliphatic heterocycles. The molecule has 0 atom stereocenters. The first-order chi connectivity index (χ1) is 15.3. The predicted molar refractivity (Wildman–Crippen MR) is 131 cm³/mol. The third kappa shape index (κ3) is 3.33. The SMILES string of the molecule is [2H]C(C)(C)c1ccnc(-c2ccc(-c3ccccc3)c3c2oc2c(C(C)C)cccc23)c1. The second-order valence-electron chi connectivity index (χ2n) is 8.64. The lowest BCUT2D eigenvalue weighted by Crippen LogP contribution is -1.91. The summed E-state index contributed by atoms with van der Waals surface area (Å²) in [4.78, 5) is 4.66. The van der Waals surface area contributed by atoms with Crippen molar-refractivity contribution in [1.29, 1.82) is 0 Å². The van der Waals surface area contributed by atoms with Gasteiger partial charge >= 0.3 is 0 Å². The maximum absolute atomic E-state index is 8.45.